The van der Waals surface area contributed by atoms with Crippen LogP contribution in [0.15, 0.2) is 54.1 Å². The Bertz CT molecular complexity index is 942. The van der Waals surface area contributed by atoms with Gasteiger partial charge in [-0.05, 0) is 59.4 Å². The Morgan fingerprint density at radius 3 is 2.03 bits per heavy atom. The number of methoxy groups -OCH3 is 4. The minimum Gasteiger partial charge on any atom is -0.493 e. The average molecular weight is 394 g/mol. The standard InChI is InChI=1S/C24H26O5/c1-26-21-9-7-16(13-23(21)28-3)5-6-17-11-19(14-20(25)12-17)18-8-10-22(27-2)24(15-18)29-4/h5-10,12-13,15,19H,11,14H2,1-4H3/b6-5-/t19-/m0/s1. The fourth-order valence-electron chi connectivity index (χ4n) is 3.54. The van der Waals surface area contributed by atoms with E-state index in [1.54, 1.807) is 34.5 Å². The molecule has 1 aliphatic rings. The average Bonchev–Trinajstić information content (AvgIpc) is 2.76. The second kappa shape index (κ2) is 9.32. The molecule has 0 aliphatic heterocycles. The SMILES string of the molecule is COc1ccc(/C=C\C2=CC(=O)C[C@@H](c3ccc(OC)c(OC)c3)C2)cc1OC. The number of ether oxygens (including phenoxy) is 4. The van der Waals surface area contributed by atoms with Gasteiger partial charge in [0.15, 0.2) is 28.8 Å². The molecule has 29 heavy (non-hydrogen) atoms. The third-order valence-electron chi connectivity index (χ3n) is 5.05. The summed E-state index contributed by atoms with van der Waals surface area (Å²) in [5, 5.41) is 0. The van der Waals surface area contributed by atoms with E-state index in [1.807, 2.05) is 48.6 Å². The van der Waals surface area contributed by atoms with E-state index in [1.165, 1.54) is 0 Å². The molecule has 0 spiro atoms. The molecule has 0 amide bonds. The summed E-state index contributed by atoms with van der Waals surface area (Å²) in [6, 6.07) is 11.6. The van der Waals surface area contributed by atoms with E-state index in [0.717, 1.165) is 23.1 Å². The molecule has 1 aliphatic carbocycles. The van der Waals surface area contributed by atoms with E-state index in [2.05, 4.69) is 0 Å². The zero-order valence-electron chi connectivity index (χ0n) is 17.2. The first-order valence-electron chi connectivity index (χ1n) is 9.43. The van der Waals surface area contributed by atoms with Gasteiger partial charge >= 0.3 is 0 Å². The molecule has 0 fully saturated rings. The molecule has 2 aromatic rings. The lowest BCUT2D eigenvalue weighted by Gasteiger charge is -2.22. The van der Waals surface area contributed by atoms with Crippen LogP contribution in [0.2, 0.25) is 0 Å². The summed E-state index contributed by atoms with van der Waals surface area (Å²) in [5.41, 5.74) is 3.04. The van der Waals surface area contributed by atoms with E-state index in [-0.39, 0.29) is 11.7 Å². The van der Waals surface area contributed by atoms with Gasteiger partial charge in [0.1, 0.15) is 0 Å². The first kappa shape index (κ1) is 20.5. The van der Waals surface area contributed by atoms with Crippen molar-refractivity contribution in [2.45, 2.75) is 18.8 Å². The highest BCUT2D eigenvalue weighted by atomic mass is 16.5. The van der Waals surface area contributed by atoms with Crippen LogP contribution in [-0.2, 0) is 4.79 Å². The predicted octanol–water partition coefficient (Wildman–Crippen LogP) is 4.81. The maximum atomic E-state index is 12.3. The molecule has 0 heterocycles. The van der Waals surface area contributed by atoms with Gasteiger partial charge in [0, 0.05) is 6.42 Å². The minimum absolute atomic E-state index is 0.109. The number of carbonyl (C=O) groups excluding carboxylic acids is 1. The molecular formula is C24H26O5. The summed E-state index contributed by atoms with van der Waals surface area (Å²) in [6.45, 7) is 0. The molecular weight excluding hydrogens is 368 g/mol. The minimum atomic E-state index is 0.109. The number of rotatable bonds is 7. The van der Waals surface area contributed by atoms with Gasteiger partial charge < -0.3 is 18.9 Å². The van der Waals surface area contributed by atoms with Crippen molar-refractivity contribution in [3.63, 3.8) is 0 Å². The van der Waals surface area contributed by atoms with Crippen LogP contribution < -0.4 is 18.9 Å². The number of hydrogen-bond acceptors (Lipinski definition) is 5. The van der Waals surface area contributed by atoms with Crippen LogP contribution in [0.5, 0.6) is 23.0 Å². The van der Waals surface area contributed by atoms with Gasteiger partial charge in [0.05, 0.1) is 28.4 Å². The van der Waals surface area contributed by atoms with E-state index in [9.17, 15) is 4.79 Å². The smallest absolute Gasteiger partial charge is 0.161 e. The highest BCUT2D eigenvalue weighted by Gasteiger charge is 2.22. The normalized spacial score (nSPS) is 16.5. The number of hydrogen-bond donors (Lipinski definition) is 0. The van der Waals surface area contributed by atoms with Crippen molar-refractivity contribution in [1.29, 1.82) is 0 Å². The summed E-state index contributed by atoms with van der Waals surface area (Å²) < 4.78 is 21.3. The molecule has 1 atom stereocenters. The number of benzene rings is 2. The zero-order valence-corrected chi connectivity index (χ0v) is 17.2. The second-order valence-corrected chi connectivity index (χ2v) is 6.85. The fourth-order valence-corrected chi connectivity index (χ4v) is 3.54. The second-order valence-electron chi connectivity index (χ2n) is 6.85. The van der Waals surface area contributed by atoms with Gasteiger partial charge in [-0.3, -0.25) is 4.79 Å². The van der Waals surface area contributed by atoms with Crippen LogP contribution in [0, 0.1) is 0 Å². The lowest BCUT2D eigenvalue weighted by molar-refractivity contribution is -0.115. The lowest BCUT2D eigenvalue weighted by Crippen LogP contribution is -2.12. The maximum absolute atomic E-state index is 12.3. The van der Waals surface area contributed by atoms with E-state index < -0.39 is 0 Å². The van der Waals surface area contributed by atoms with Crippen LogP contribution in [0.1, 0.15) is 29.9 Å². The van der Waals surface area contributed by atoms with Crippen LogP contribution in [-0.4, -0.2) is 34.2 Å². The van der Waals surface area contributed by atoms with Crippen molar-refractivity contribution < 1.29 is 23.7 Å². The first-order chi connectivity index (χ1) is 14.1. The summed E-state index contributed by atoms with van der Waals surface area (Å²) in [4.78, 5) is 12.3. The number of carbonyl (C=O) groups is 1. The summed E-state index contributed by atoms with van der Waals surface area (Å²) >= 11 is 0. The quantitative estimate of drug-likeness (QED) is 0.675. The highest BCUT2D eigenvalue weighted by Crippen LogP contribution is 2.37. The molecule has 0 unspecified atom stereocenters. The Morgan fingerprint density at radius 2 is 1.38 bits per heavy atom. The van der Waals surface area contributed by atoms with Gasteiger partial charge in [0.2, 0.25) is 0 Å². The third kappa shape index (κ3) is 4.80. The van der Waals surface area contributed by atoms with Gasteiger partial charge in [-0.25, -0.2) is 0 Å². The van der Waals surface area contributed by atoms with E-state index in [0.29, 0.717) is 29.4 Å². The van der Waals surface area contributed by atoms with Gasteiger partial charge in [-0.15, -0.1) is 0 Å². The van der Waals surface area contributed by atoms with Crippen molar-refractivity contribution in [2.24, 2.45) is 0 Å². The molecule has 0 aromatic heterocycles. The first-order valence-corrected chi connectivity index (χ1v) is 9.43. The summed E-state index contributed by atoms with van der Waals surface area (Å²) in [6.07, 6.45) is 6.98. The Kier molecular flexibility index (Phi) is 6.60. The number of allylic oxidation sites excluding steroid dienone is 3. The molecule has 0 bridgehead atoms. The molecule has 5 heteroatoms. The Morgan fingerprint density at radius 1 is 0.759 bits per heavy atom. The topological polar surface area (TPSA) is 54.0 Å². The molecule has 152 valence electrons. The molecule has 5 nitrogen and oxygen atoms in total. The monoisotopic (exact) mass is 394 g/mol. The van der Waals surface area contributed by atoms with Gasteiger partial charge in [-0.1, -0.05) is 24.3 Å². The molecule has 3 rings (SSSR count). The largest absolute Gasteiger partial charge is 0.493 e. The Hall–Kier alpha value is -3.21. The van der Waals surface area contributed by atoms with E-state index in [4.69, 9.17) is 18.9 Å². The fraction of sp³-hybridized carbons (Fsp3) is 0.292. The maximum Gasteiger partial charge on any atom is 0.161 e. The van der Waals surface area contributed by atoms with Crippen LogP contribution in [0.25, 0.3) is 6.08 Å². The molecule has 0 saturated heterocycles. The molecule has 2 aromatic carbocycles. The molecule has 0 saturated carbocycles. The molecule has 0 radical (unpaired) electrons. The highest BCUT2D eigenvalue weighted by molar-refractivity contribution is 5.92. The Labute approximate surface area is 171 Å². The summed E-state index contributed by atoms with van der Waals surface area (Å²) in [7, 11) is 6.45. The lowest BCUT2D eigenvalue weighted by atomic mass is 9.83. The van der Waals surface area contributed by atoms with Gasteiger partial charge in [-0.2, -0.15) is 0 Å². The Balaban J connectivity index is 1.79. The van der Waals surface area contributed by atoms with Crippen molar-refractivity contribution in [3.05, 3.63) is 65.3 Å². The number of ketones is 1. The van der Waals surface area contributed by atoms with Crippen molar-refractivity contribution in [1.82, 2.24) is 0 Å². The van der Waals surface area contributed by atoms with Gasteiger partial charge in [0.25, 0.3) is 0 Å². The van der Waals surface area contributed by atoms with Crippen molar-refractivity contribution >= 4 is 11.9 Å². The van der Waals surface area contributed by atoms with E-state index >= 15 is 0 Å². The van der Waals surface area contributed by atoms with Crippen LogP contribution in [0.4, 0.5) is 0 Å². The predicted molar refractivity (Wildman–Crippen MR) is 113 cm³/mol. The van der Waals surface area contributed by atoms with Crippen molar-refractivity contribution in [2.75, 3.05) is 28.4 Å². The molecule has 0 N–H and O–H groups in total. The zero-order chi connectivity index (χ0) is 20.8. The van der Waals surface area contributed by atoms with Crippen LogP contribution >= 0.6 is 0 Å². The summed E-state index contributed by atoms with van der Waals surface area (Å²) in [5.74, 6) is 2.95. The van der Waals surface area contributed by atoms with Crippen LogP contribution in [0.3, 0.4) is 0 Å². The third-order valence-corrected chi connectivity index (χ3v) is 5.05. The van der Waals surface area contributed by atoms with Crippen molar-refractivity contribution in [3.8, 4) is 23.0 Å².